The van der Waals surface area contributed by atoms with E-state index in [0.717, 1.165) is 4.47 Å². The van der Waals surface area contributed by atoms with Gasteiger partial charge in [0.05, 0.1) is 17.7 Å². The molecular weight excluding hydrogens is 369 g/mol. The number of carbonyl (C=O) groups is 1. The molecule has 20 heavy (non-hydrogen) atoms. The number of amides is 1. The minimum Gasteiger partial charge on any atom is -0.481 e. The molecule has 1 aromatic heterocycles. The lowest BCUT2D eigenvalue weighted by molar-refractivity contribution is 0.102. The molecule has 5 nitrogen and oxygen atoms in total. The maximum absolute atomic E-state index is 12.1. The van der Waals surface area contributed by atoms with Crippen molar-refractivity contribution in [2.45, 2.75) is 0 Å². The lowest BCUT2D eigenvalue weighted by Crippen LogP contribution is -2.15. The van der Waals surface area contributed by atoms with E-state index in [4.69, 9.17) is 27.9 Å². The van der Waals surface area contributed by atoms with Gasteiger partial charge in [0.25, 0.3) is 5.91 Å². The fourth-order valence-corrected chi connectivity index (χ4v) is 2.33. The van der Waals surface area contributed by atoms with Crippen LogP contribution in [0.4, 0.5) is 5.95 Å². The van der Waals surface area contributed by atoms with Crippen molar-refractivity contribution in [2.24, 2.45) is 0 Å². The summed E-state index contributed by atoms with van der Waals surface area (Å²) in [7, 11) is 1.44. The van der Waals surface area contributed by atoms with Crippen molar-refractivity contribution in [2.75, 3.05) is 12.4 Å². The second kappa shape index (κ2) is 6.39. The van der Waals surface area contributed by atoms with Crippen LogP contribution in [-0.4, -0.2) is 23.0 Å². The van der Waals surface area contributed by atoms with Gasteiger partial charge < -0.3 is 4.74 Å². The Morgan fingerprint density at radius 3 is 2.70 bits per heavy atom. The Labute approximate surface area is 133 Å². The molecule has 1 amide bonds. The molecule has 2 rings (SSSR count). The molecule has 104 valence electrons. The van der Waals surface area contributed by atoms with E-state index in [0.29, 0.717) is 10.6 Å². The third-order valence-electron chi connectivity index (χ3n) is 2.28. The number of aromatic nitrogens is 2. The smallest absolute Gasteiger partial charge is 0.259 e. The lowest BCUT2D eigenvalue weighted by atomic mass is 10.2. The van der Waals surface area contributed by atoms with Crippen LogP contribution < -0.4 is 10.1 Å². The van der Waals surface area contributed by atoms with Crippen molar-refractivity contribution in [1.82, 2.24) is 9.97 Å². The SMILES string of the molecule is COc1cc(Cl)nc(NC(=O)c2ccc(Br)cc2Cl)n1. The van der Waals surface area contributed by atoms with Crippen LogP contribution in [-0.2, 0) is 0 Å². The zero-order chi connectivity index (χ0) is 14.7. The number of ether oxygens (including phenoxy) is 1. The van der Waals surface area contributed by atoms with Crippen LogP contribution in [0.15, 0.2) is 28.7 Å². The summed E-state index contributed by atoms with van der Waals surface area (Å²) >= 11 is 15.1. The zero-order valence-corrected chi connectivity index (χ0v) is 13.3. The predicted octanol–water partition coefficient (Wildman–Crippen LogP) is 3.81. The fourth-order valence-electron chi connectivity index (χ4n) is 1.40. The van der Waals surface area contributed by atoms with Gasteiger partial charge in [0.1, 0.15) is 5.15 Å². The lowest BCUT2D eigenvalue weighted by Gasteiger charge is -2.07. The van der Waals surface area contributed by atoms with Gasteiger partial charge in [-0.05, 0) is 18.2 Å². The number of benzene rings is 1. The Morgan fingerprint density at radius 2 is 2.05 bits per heavy atom. The van der Waals surface area contributed by atoms with Gasteiger partial charge in [-0.25, -0.2) is 4.98 Å². The second-order valence-electron chi connectivity index (χ2n) is 3.63. The number of nitrogens with zero attached hydrogens (tertiary/aromatic N) is 2. The van der Waals surface area contributed by atoms with Gasteiger partial charge >= 0.3 is 0 Å². The summed E-state index contributed by atoms with van der Waals surface area (Å²) in [4.78, 5) is 19.9. The highest BCUT2D eigenvalue weighted by Crippen LogP contribution is 2.22. The molecule has 0 atom stereocenters. The van der Waals surface area contributed by atoms with Gasteiger partial charge in [-0.15, -0.1) is 0 Å². The van der Waals surface area contributed by atoms with Crippen LogP contribution in [0, 0.1) is 0 Å². The van der Waals surface area contributed by atoms with Crippen molar-refractivity contribution >= 4 is 51.0 Å². The van der Waals surface area contributed by atoms with Crippen molar-refractivity contribution in [3.05, 3.63) is 44.5 Å². The standard InChI is InChI=1S/C12H8BrCl2N3O2/c1-20-10-5-9(15)16-12(17-10)18-11(19)7-3-2-6(13)4-8(7)14/h2-5H,1H3,(H,16,17,18,19). The van der Waals surface area contributed by atoms with E-state index in [1.54, 1.807) is 18.2 Å². The highest BCUT2D eigenvalue weighted by Gasteiger charge is 2.13. The van der Waals surface area contributed by atoms with E-state index < -0.39 is 5.91 Å². The number of hydrogen-bond acceptors (Lipinski definition) is 4. The molecule has 0 saturated heterocycles. The minimum atomic E-state index is -0.438. The molecule has 0 aliphatic rings. The second-order valence-corrected chi connectivity index (χ2v) is 5.35. The summed E-state index contributed by atoms with van der Waals surface area (Å²) in [6, 6.07) is 6.35. The van der Waals surface area contributed by atoms with Gasteiger partial charge in [-0.3, -0.25) is 10.1 Å². The fraction of sp³-hybridized carbons (Fsp3) is 0.0833. The summed E-state index contributed by atoms with van der Waals surface area (Å²) < 4.78 is 5.72. The Balaban J connectivity index is 2.25. The summed E-state index contributed by atoms with van der Waals surface area (Å²) in [6.45, 7) is 0. The van der Waals surface area contributed by atoms with Crippen molar-refractivity contribution in [1.29, 1.82) is 0 Å². The van der Waals surface area contributed by atoms with Crippen LogP contribution in [0.5, 0.6) is 5.88 Å². The Hall–Kier alpha value is -1.37. The molecule has 1 heterocycles. The molecule has 1 aromatic carbocycles. The topological polar surface area (TPSA) is 64.1 Å². The predicted molar refractivity (Wildman–Crippen MR) is 80.7 cm³/mol. The molecule has 0 bridgehead atoms. The average molecular weight is 377 g/mol. The first-order valence-electron chi connectivity index (χ1n) is 5.34. The van der Waals surface area contributed by atoms with Crippen LogP contribution in [0.1, 0.15) is 10.4 Å². The first-order valence-corrected chi connectivity index (χ1v) is 6.89. The molecule has 0 aliphatic heterocycles. The number of nitrogens with one attached hydrogen (secondary N) is 1. The molecule has 0 aliphatic carbocycles. The average Bonchev–Trinajstić information content (AvgIpc) is 2.37. The van der Waals surface area contributed by atoms with E-state index >= 15 is 0 Å². The maximum Gasteiger partial charge on any atom is 0.259 e. The van der Waals surface area contributed by atoms with Gasteiger partial charge in [0.2, 0.25) is 11.8 Å². The summed E-state index contributed by atoms with van der Waals surface area (Å²) in [6.07, 6.45) is 0. The van der Waals surface area contributed by atoms with E-state index in [-0.39, 0.29) is 17.0 Å². The number of carbonyl (C=O) groups excluding carboxylic acids is 1. The van der Waals surface area contributed by atoms with Crippen molar-refractivity contribution in [3.8, 4) is 5.88 Å². The molecule has 2 aromatic rings. The summed E-state index contributed by atoms with van der Waals surface area (Å²) in [5.74, 6) is -0.146. The molecule has 0 spiro atoms. The third-order valence-corrected chi connectivity index (χ3v) is 3.28. The third kappa shape index (κ3) is 3.59. The zero-order valence-electron chi connectivity index (χ0n) is 10.2. The highest BCUT2D eigenvalue weighted by atomic mass is 79.9. The van der Waals surface area contributed by atoms with Crippen LogP contribution >= 0.6 is 39.1 Å². The Bertz CT molecular complexity index is 667. The van der Waals surface area contributed by atoms with E-state index in [1.165, 1.54) is 13.2 Å². The van der Waals surface area contributed by atoms with Crippen LogP contribution in [0.2, 0.25) is 10.2 Å². The monoisotopic (exact) mass is 375 g/mol. The number of hydrogen-bond donors (Lipinski definition) is 1. The molecule has 0 radical (unpaired) electrons. The van der Waals surface area contributed by atoms with Crippen LogP contribution in [0.25, 0.3) is 0 Å². The van der Waals surface area contributed by atoms with Crippen molar-refractivity contribution < 1.29 is 9.53 Å². The molecule has 8 heteroatoms. The quantitative estimate of drug-likeness (QED) is 0.827. The van der Waals surface area contributed by atoms with E-state index in [2.05, 4.69) is 31.2 Å². The van der Waals surface area contributed by atoms with Crippen LogP contribution in [0.3, 0.4) is 0 Å². The maximum atomic E-state index is 12.1. The number of methoxy groups -OCH3 is 1. The number of rotatable bonds is 3. The van der Waals surface area contributed by atoms with Gasteiger partial charge in [0, 0.05) is 10.5 Å². The number of halogens is 3. The molecule has 0 unspecified atom stereocenters. The first-order chi connectivity index (χ1) is 9.49. The van der Waals surface area contributed by atoms with E-state index in [9.17, 15) is 4.79 Å². The number of anilines is 1. The molecule has 0 fully saturated rings. The highest BCUT2D eigenvalue weighted by molar-refractivity contribution is 9.10. The minimum absolute atomic E-state index is 0.0401. The molecular formula is C12H8BrCl2N3O2. The summed E-state index contributed by atoms with van der Waals surface area (Å²) in [5, 5.41) is 2.98. The molecule has 1 N–H and O–H groups in total. The van der Waals surface area contributed by atoms with Crippen molar-refractivity contribution in [3.63, 3.8) is 0 Å². The Morgan fingerprint density at radius 1 is 1.30 bits per heavy atom. The Kier molecular flexibility index (Phi) is 4.80. The largest absolute Gasteiger partial charge is 0.481 e. The van der Waals surface area contributed by atoms with Gasteiger partial charge in [-0.1, -0.05) is 39.1 Å². The first kappa shape index (κ1) is 15.0. The molecule has 0 saturated carbocycles. The van der Waals surface area contributed by atoms with E-state index in [1.807, 2.05) is 0 Å². The van der Waals surface area contributed by atoms with Gasteiger partial charge in [-0.2, -0.15) is 4.98 Å². The summed E-state index contributed by atoms with van der Waals surface area (Å²) in [5.41, 5.74) is 0.303. The van der Waals surface area contributed by atoms with Gasteiger partial charge in [0.15, 0.2) is 0 Å². The normalized spacial score (nSPS) is 10.2.